The second kappa shape index (κ2) is 11.0. The number of benzene rings is 1. The Hall–Kier alpha value is -1.99. The lowest BCUT2D eigenvalue weighted by molar-refractivity contribution is -0.144. The Balaban J connectivity index is 2.55. The maximum Gasteiger partial charge on any atom is 0.308 e. The second-order valence-corrected chi connectivity index (χ2v) is 8.96. The van der Waals surface area contributed by atoms with Crippen molar-refractivity contribution in [3.63, 3.8) is 0 Å². The third-order valence-electron chi connectivity index (χ3n) is 4.26. The van der Waals surface area contributed by atoms with Gasteiger partial charge in [-0.05, 0) is 30.9 Å². The van der Waals surface area contributed by atoms with Crippen molar-refractivity contribution in [2.75, 3.05) is 27.0 Å². The molecule has 1 rings (SSSR count). The smallest absolute Gasteiger partial charge is 0.308 e. The van der Waals surface area contributed by atoms with Gasteiger partial charge in [0.05, 0.1) is 18.8 Å². The van der Waals surface area contributed by atoms with E-state index in [1.807, 2.05) is 24.3 Å². The van der Waals surface area contributed by atoms with Crippen LogP contribution in [0.2, 0.25) is 0 Å². The number of hydrogen-bond donors (Lipinski definition) is 0. The van der Waals surface area contributed by atoms with Crippen LogP contribution >= 0.6 is 0 Å². The molecule has 0 heterocycles. The molecule has 7 heteroatoms. The fourth-order valence-corrected chi connectivity index (χ4v) is 3.31. The van der Waals surface area contributed by atoms with Gasteiger partial charge in [0, 0.05) is 26.1 Å². The van der Waals surface area contributed by atoms with Crippen molar-refractivity contribution in [3.8, 4) is 0 Å². The number of unbranched alkanes of at least 4 members (excludes halogenated alkanes) is 1. The highest BCUT2D eigenvalue weighted by Gasteiger charge is 2.15. The minimum atomic E-state index is -3.16. The minimum Gasteiger partial charge on any atom is -0.469 e. The molecule has 0 aliphatic rings. The Morgan fingerprint density at radius 3 is 2.59 bits per heavy atom. The highest BCUT2D eigenvalue weighted by Crippen LogP contribution is 2.14. The summed E-state index contributed by atoms with van der Waals surface area (Å²) in [5.41, 5.74) is 1.49. The van der Waals surface area contributed by atoms with Crippen LogP contribution in [0.4, 0.5) is 0 Å². The number of sulfonamides is 1. The maximum absolute atomic E-state index is 12.3. The van der Waals surface area contributed by atoms with Crippen LogP contribution in [0.25, 0.3) is 6.08 Å². The van der Waals surface area contributed by atoms with Gasteiger partial charge in [0.1, 0.15) is 0 Å². The Morgan fingerprint density at radius 1 is 1.26 bits per heavy atom. The zero-order valence-electron chi connectivity index (χ0n) is 16.5. The van der Waals surface area contributed by atoms with Crippen LogP contribution in [0.15, 0.2) is 30.3 Å². The van der Waals surface area contributed by atoms with Crippen molar-refractivity contribution >= 4 is 27.9 Å². The molecule has 0 unspecified atom stereocenters. The van der Waals surface area contributed by atoms with Gasteiger partial charge in [0.25, 0.3) is 0 Å². The van der Waals surface area contributed by atoms with Gasteiger partial charge in [-0.3, -0.25) is 9.59 Å². The molecular weight excluding hydrogens is 366 g/mol. The zero-order chi connectivity index (χ0) is 20.4. The van der Waals surface area contributed by atoms with Gasteiger partial charge in [-0.1, -0.05) is 37.3 Å². The predicted molar refractivity (Wildman–Crippen MR) is 107 cm³/mol. The third kappa shape index (κ3) is 8.05. The Morgan fingerprint density at radius 2 is 1.96 bits per heavy atom. The van der Waals surface area contributed by atoms with E-state index in [2.05, 4.69) is 4.74 Å². The Labute approximate surface area is 162 Å². The Bertz CT molecular complexity index is 768. The quantitative estimate of drug-likeness (QED) is 0.327. The van der Waals surface area contributed by atoms with Gasteiger partial charge >= 0.3 is 5.97 Å². The number of allylic oxidation sites excluding steroid dienone is 1. The number of carbonyl (C=O) groups is 2. The molecule has 0 N–H and O–H groups in total. The van der Waals surface area contributed by atoms with Crippen molar-refractivity contribution < 1.29 is 22.7 Å². The van der Waals surface area contributed by atoms with Crippen LogP contribution in [0, 0.1) is 5.92 Å². The van der Waals surface area contributed by atoms with Crippen molar-refractivity contribution in [2.45, 2.75) is 32.6 Å². The normalized spacial score (nSPS) is 13.1. The van der Waals surface area contributed by atoms with E-state index in [0.717, 1.165) is 5.56 Å². The number of carbonyl (C=O) groups excluding carboxylic acids is 2. The lowest BCUT2D eigenvalue weighted by Gasteiger charge is -2.09. The molecule has 0 aliphatic carbocycles. The molecule has 0 saturated heterocycles. The van der Waals surface area contributed by atoms with E-state index in [1.165, 1.54) is 25.5 Å². The van der Waals surface area contributed by atoms with E-state index in [-0.39, 0.29) is 29.8 Å². The molecule has 0 amide bonds. The number of esters is 1. The van der Waals surface area contributed by atoms with E-state index < -0.39 is 10.0 Å². The van der Waals surface area contributed by atoms with Gasteiger partial charge in [0.2, 0.25) is 10.0 Å². The molecule has 0 radical (unpaired) electrons. The summed E-state index contributed by atoms with van der Waals surface area (Å²) >= 11 is 0. The van der Waals surface area contributed by atoms with E-state index in [9.17, 15) is 18.0 Å². The fourth-order valence-electron chi connectivity index (χ4n) is 2.41. The number of rotatable bonds is 11. The number of nitrogens with zero attached hydrogens (tertiary/aromatic N) is 1. The molecule has 1 aromatic rings. The molecule has 27 heavy (non-hydrogen) atoms. The molecule has 0 saturated carbocycles. The van der Waals surface area contributed by atoms with Crippen molar-refractivity contribution in [1.29, 1.82) is 0 Å². The third-order valence-corrected chi connectivity index (χ3v) is 6.17. The van der Waals surface area contributed by atoms with Crippen LogP contribution in [0.3, 0.4) is 0 Å². The molecule has 150 valence electrons. The minimum absolute atomic E-state index is 0.0157. The summed E-state index contributed by atoms with van der Waals surface area (Å²) in [6.07, 6.45) is 5.71. The SMILES string of the molecule is COC(=O)[C@@H](C)CCC(=O)c1cccc(/C=C\CCCS(=O)(=O)N(C)C)c1. The fraction of sp³-hybridized carbons (Fsp3) is 0.500. The summed E-state index contributed by atoms with van der Waals surface area (Å²) in [4.78, 5) is 23.7. The molecule has 0 fully saturated rings. The van der Waals surface area contributed by atoms with Gasteiger partial charge in [-0.2, -0.15) is 0 Å². The summed E-state index contributed by atoms with van der Waals surface area (Å²) in [6, 6.07) is 7.26. The summed E-state index contributed by atoms with van der Waals surface area (Å²) in [5.74, 6) is -0.518. The lowest BCUT2D eigenvalue weighted by Crippen LogP contribution is -2.24. The van der Waals surface area contributed by atoms with E-state index in [0.29, 0.717) is 24.8 Å². The number of Topliss-reactive ketones (excluding diaryl/α,β-unsaturated/α-hetero) is 1. The van der Waals surface area contributed by atoms with E-state index in [1.54, 1.807) is 19.1 Å². The first-order valence-electron chi connectivity index (χ1n) is 8.95. The maximum atomic E-state index is 12.3. The highest BCUT2D eigenvalue weighted by molar-refractivity contribution is 7.89. The lowest BCUT2D eigenvalue weighted by atomic mass is 9.99. The molecule has 0 aromatic heterocycles. The van der Waals surface area contributed by atoms with Crippen LogP contribution in [0.5, 0.6) is 0 Å². The van der Waals surface area contributed by atoms with Crippen LogP contribution < -0.4 is 0 Å². The molecule has 0 bridgehead atoms. The first kappa shape index (κ1) is 23.0. The average Bonchev–Trinajstić information content (AvgIpc) is 2.64. The molecule has 1 atom stereocenters. The van der Waals surface area contributed by atoms with E-state index >= 15 is 0 Å². The van der Waals surface area contributed by atoms with E-state index in [4.69, 9.17) is 0 Å². The summed E-state index contributed by atoms with van der Waals surface area (Å²) in [6.45, 7) is 1.74. The van der Waals surface area contributed by atoms with Crippen molar-refractivity contribution in [3.05, 3.63) is 41.5 Å². The Kier molecular flexibility index (Phi) is 9.38. The number of ether oxygens (including phenoxy) is 1. The summed E-state index contributed by atoms with van der Waals surface area (Å²) in [5, 5.41) is 0. The highest BCUT2D eigenvalue weighted by atomic mass is 32.2. The first-order chi connectivity index (χ1) is 12.7. The van der Waals surface area contributed by atoms with Crippen LogP contribution in [-0.2, 0) is 19.6 Å². The number of hydrogen-bond acceptors (Lipinski definition) is 5. The number of methoxy groups -OCH3 is 1. The van der Waals surface area contributed by atoms with Gasteiger partial charge < -0.3 is 4.74 Å². The van der Waals surface area contributed by atoms with Crippen molar-refractivity contribution in [2.24, 2.45) is 5.92 Å². The number of ketones is 1. The van der Waals surface area contributed by atoms with Gasteiger partial charge in [-0.25, -0.2) is 12.7 Å². The average molecular weight is 396 g/mol. The first-order valence-corrected chi connectivity index (χ1v) is 10.6. The summed E-state index contributed by atoms with van der Waals surface area (Å²) < 4.78 is 29.3. The summed E-state index contributed by atoms with van der Waals surface area (Å²) in [7, 11) is 1.23. The molecular formula is C20H29NO5S. The zero-order valence-corrected chi connectivity index (χ0v) is 17.3. The molecule has 6 nitrogen and oxygen atoms in total. The largest absolute Gasteiger partial charge is 0.469 e. The monoisotopic (exact) mass is 395 g/mol. The molecule has 0 spiro atoms. The molecule has 1 aromatic carbocycles. The van der Waals surface area contributed by atoms with Crippen LogP contribution in [-0.4, -0.2) is 51.4 Å². The van der Waals surface area contributed by atoms with Crippen LogP contribution in [0.1, 0.15) is 48.5 Å². The molecule has 0 aliphatic heterocycles. The second-order valence-electron chi connectivity index (χ2n) is 6.65. The predicted octanol–water partition coefficient (Wildman–Crippen LogP) is 3.14. The van der Waals surface area contributed by atoms with Gasteiger partial charge in [0.15, 0.2) is 5.78 Å². The topological polar surface area (TPSA) is 80.8 Å². The standard InChI is InChI=1S/C20H29NO5S/c1-16(20(23)26-4)12-13-19(22)18-11-8-10-17(15-18)9-6-5-7-14-27(24,25)21(2)3/h6,8-11,15-16H,5,7,12-14H2,1-4H3/b9-6-/t16-/m0/s1. The van der Waals surface area contributed by atoms with Gasteiger partial charge in [-0.15, -0.1) is 0 Å². The van der Waals surface area contributed by atoms with Crippen molar-refractivity contribution in [1.82, 2.24) is 4.31 Å².